The molecule has 0 radical (unpaired) electrons. The first kappa shape index (κ1) is 12.2. The molecule has 1 saturated heterocycles. The molecular weight excluding hydrogens is 238 g/mol. The number of carbonyl (C=O) groups is 2. The third kappa shape index (κ3) is 2.09. The lowest BCUT2D eigenvalue weighted by atomic mass is 9.99. The van der Waals surface area contributed by atoms with E-state index in [0.29, 0.717) is 5.75 Å². The van der Waals surface area contributed by atoms with Gasteiger partial charge in [-0.2, -0.15) is 0 Å². The van der Waals surface area contributed by atoms with Crippen LogP contribution in [0.3, 0.4) is 0 Å². The number of phenols is 1. The first-order chi connectivity index (χ1) is 8.52. The Hall–Kier alpha value is -2.24. The van der Waals surface area contributed by atoms with E-state index in [0.717, 1.165) is 0 Å². The number of benzene rings is 1. The first-order valence-electron chi connectivity index (χ1n) is 5.42. The van der Waals surface area contributed by atoms with Gasteiger partial charge in [0.15, 0.2) is 0 Å². The van der Waals surface area contributed by atoms with Crippen molar-refractivity contribution >= 4 is 11.9 Å². The van der Waals surface area contributed by atoms with E-state index in [1.807, 2.05) is 0 Å². The number of hydrogen-bond acceptors (Lipinski definition) is 4. The van der Waals surface area contributed by atoms with Gasteiger partial charge in [-0.05, 0) is 18.2 Å². The van der Waals surface area contributed by atoms with Gasteiger partial charge in [0.1, 0.15) is 11.5 Å². The maximum absolute atomic E-state index is 12.0. The van der Waals surface area contributed by atoms with E-state index in [4.69, 9.17) is 9.84 Å². The second kappa shape index (κ2) is 4.56. The predicted molar refractivity (Wildman–Crippen MR) is 61.7 cm³/mol. The van der Waals surface area contributed by atoms with E-state index in [9.17, 15) is 14.7 Å². The Labute approximate surface area is 103 Å². The Morgan fingerprint density at radius 1 is 1.39 bits per heavy atom. The summed E-state index contributed by atoms with van der Waals surface area (Å²) >= 11 is 0. The zero-order valence-electron chi connectivity index (χ0n) is 9.79. The summed E-state index contributed by atoms with van der Waals surface area (Å²) in [5, 5.41) is 18.4. The standard InChI is InChI=1S/C12H13NO5/c1-18-8-2-3-10(14)9(4-8)11(15)13-5-7(6-13)12(16)17/h2-4,7,14H,5-6H2,1H3,(H,16,17). The van der Waals surface area contributed by atoms with E-state index in [1.54, 1.807) is 6.07 Å². The Bertz CT molecular complexity index is 493. The minimum atomic E-state index is -0.908. The van der Waals surface area contributed by atoms with Crippen molar-refractivity contribution in [3.63, 3.8) is 0 Å². The second-order valence-electron chi connectivity index (χ2n) is 4.13. The monoisotopic (exact) mass is 251 g/mol. The number of amides is 1. The lowest BCUT2D eigenvalue weighted by molar-refractivity contribution is -0.146. The average molecular weight is 251 g/mol. The van der Waals surface area contributed by atoms with E-state index in [2.05, 4.69) is 0 Å². The summed E-state index contributed by atoms with van der Waals surface area (Å²) in [6.07, 6.45) is 0. The van der Waals surface area contributed by atoms with Gasteiger partial charge < -0.3 is 19.8 Å². The molecule has 1 aromatic rings. The number of carboxylic acid groups (broad SMARTS) is 1. The smallest absolute Gasteiger partial charge is 0.310 e. The normalized spacial score (nSPS) is 15.1. The minimum Gasteiger partial charge on any atom is -0.507 e. The molecule has 0 aromatic heterocycles. The summed E-state index contributed by atoms with van der Waals surface area (Å²) in [5.41, 5.74) is 0.123. The van der Waals surface area contributed by atoms with Crippen molar-refractivity contribution < 1.29 is 24.5 Å². The first-order valence-corrected chi connectivity index (χ1v) is 5.42. The fourth-order valence-corrected chi connectivity index (χ4v) is 1.78. The minimum absolute atomic E-state index is 0.123. The number of nitrogens with zero attached hydrogens (tertiary/aromatic N) is 1. The lowest BCUT2D eigenvalue weighted by Gasteiger charge is -2.36. The third-order valence-electron chi connectivity index (χ3n) is 2.95. The van der Waals surface area contributed by atoms with Gasteiger partial charge in [0.2, 0.25) is 0 Å². The largest absolute Gasteiger partial charge is 0.507 e. The number of aliphatic carboxylic acids is 1. The van der Waals surface area contributed by atoms with Crippen LogP contribution in [-0.4, -0.2) is 47.2 Å². The molecule has 6 nitrogen and oxygen atoms in total. The number of hydrogen-bond donors (Lipinski definition) is 2. The van der Waals surface area contributed by atoms with Crippen molar-refractivity contribution in [3.8, 4) is 11.5 Å². The zero-order chi connectivity index (χ0) is 13.3. The molecule has 0 saturated carbocycles. The molecule has 96 valence electrons. The van der Waals surface area contributed by atoms with Crippen molar-refractivity contribution in [3.05, 3.63) is 23.8 Å². The van der Waals surface area contributed by atoms with Gasteiger partial charge in [0.05, 0.1) is 18.6 Å². The van der Waals surface area contributed by atoms with Crippen molar-refractivity contribution in [2.24, 2.45) is 5.92 Å². The number of rotatable bonds is 3. The van der Waals surface area contributed by atoms with E-state index >= 15 is 0 Å². The lowest BCUT2D eigenvalue weighted by Crippen LogP contribution is -2.53. The number of aromatic hydroxyl groups is 1. The highest BCUT2D eigenvalue weighted by molar-refractivity contribution is 5.98. The maximum Gasteiger partial charge on any atom is 0.310 e. The maximum atomic E-state index is 12.0. The molecule has 1 aliphatic heterocycles. The van der Waals surface area contributed by atoms with E-state index < -0.39 is 11.9 Å². The Balaban J connectivity index is 2.13. The highest BCUT2D eigenvalue weighted by atomic mass is 16.5. The molecule has 0 atom stereocenters. The van der Waals surface area contributed by atoms with Crippen molar-refractivity contribution in [1.29, 1.82) is 0 Å². The molecule has 18 heavy (non-hydrogen) atoms. The molecule has 1 aromatic carbocycles. The molecule has 0 aliphatic carbocycles. The SMILES string of the molecule is COc1ccc(O)c(C(=O)N2CC(C(=O)O)C2)c1. The Kier molecular flexibility index (Phi) is 3.10. The van der Waals surface area contributed by atoms with Crippen molar-refractivity contribution in [1.82, 2.24) is 4.90 Å². The molecule has 0 spiro atoms. The number of ether oxygens (including phenoxy) is 1. The van der Waals surface area contributed by atoms with Gasteiger partial charge in [0.25, 0.3) is 5.91 Å². The van der Waals surface area contributed by atoms with Crippen LogP contribution in [-0.2, 0) is 4.79 Å². The molecule has 2 N–H and O–H groups in total. The number of likely N-dealkylation sites (tertiary alicyclic amines) is 1. The fraction of sp³-hybridized carbons (Fsp3) is 0.333. The van der Waals surface area contributed by atoms with Crippen LogP contribution in [0.15, 0.2) is 18.2 Å². The van der Waals surface area contributed by atoms with Crippen molar-refractivity contribution in [2.45, 2.75) is 0 Å². The molecule has 1 fully saturated rings. The van der Waals surface area contributed by atoms with Crippen LogP contribution in [0.4, 0.5) is 0 Å². The molecule has 2 rings (SSSR count). The van der Waals surface area contributed by atoms with Crippen LogP contribution < -0.4 is 4.74 Å². The van der Waals surface area contributed by atoms with Crippen molar-refractivity contribution in [2.75, 3.05) is 20.2 Å². The number of carboxylic acids is 1. The van der Waals surface area contributed by atoms with Gasteiger partial charge in [-0.15, -0.1) is 0 Å². The molecule has 1 aliphatic rings. The van der Waals surface area contributed by atoms with Gasteiger partial charge in [-0.25, -0.2) is 0 Å². The average Bonchev–Trinajstić information content (AvgIpc) is 2.27. The van der Waals surface area contributed by atoms with Gasteiger partial charge >= 0.3 is 5.97 Å². The molecule has 1 amide bonds. The predicted octanol–water partition coefficient (Wildman–Crippen LogP) is 0.557. The molecule has 0 bridgehead atoms. The van der Waals surface area contributed by atoms with Crippen LogP contribution in [0, 0.1) is 5.92 Å². The van der Waals surface area contributed by atoms with Crippen LogP contribution >= 0.6 is 0 Å². The summed E-state index contributed by atoms with van der Waals surface area (Å²) in [4.78, 5) is 24.0. The van der Waals surface area contributed by atoms with Crippen LogP contribution in [0.1, 0.15) is 10.4 Å². The molecular formula is C12H13NO5. The van der Waals surface area contributed by atoms with E-state index in [-0.39, 0.29) is 30.3 Å². The zero-order valence-corrected chi connectivity index (χ0v) is 9.79. The third-order valence-corrected chi connectivity index (χ3v) is 2.95. The van der Waals surface area contributed by atoms with Gasteiger partial charge in [-0.3, -0.25) is 9.59 Å². The summed E-state index contributed by atoms with van der Waals surface area (Å²) < 4.78 is 4.97. The summed E-state index contributed by atoms with van der Waals surface area (Å²) in [6.45, 7) is 0.343. The molecule has 0 unspecified atom stereocenters. The van der Waals surface area contributed by atoms with Crippen LogP contribution in [0.2, 0.25) is 0 Å². The molecule has 6 heteroatoms. The fourth-order valence-electron chi connectivity index (χ4n) is 1.78. The number of methoxy groups -OCH3 is 1. The number of carbonyl (C=O) groups excluding carboxylic acids is 1. The van der Waals surface area contributed by atoms with E-state index in [1.165, 1.54) is 24.1 Å². The highest BCUT2D eigenvalue weighted by Gasteiger charge is 2.36. The summed E-state index contributed by atoms with van der Waals surface area (Å²) in [7, 11) is 1.46. The summed E-state index contributed by atoms with van der Waals surface area (Å²) in [6, 6.07) is 4.36. The quantitative estimate of drug-likeness (QED) is 0.819. The van der Waals surface area contributed by atoms with Gasteiger partial charge in [0, 0.05) is 13.1 Å². The number of phenolic OH excluding ortho intramolecular Hbond substituents is 1. The summed E-state index contributed by atoms with van der Waals surface area (Å²) in [5.74, 6) is -1.48. The van der Waals surface area contributed by atoms with Gasteiger partial charge in [-0.1, -0.05) is 0 Å². The Morgan fingerprint density at radius 2 is 2.06 bits per heavy atom. The van der Waals surface area contributed by atoms with Crippen LogP contribution in [0.5, 0.6) is 11.5 Å². The highest BCUT2D eigenvalue weighted by Crippen LogP contribution is 2.27. The topological polar surface area (TPSA) is 87.1 Å². The van der Waals surface area contributed by atoms with Crippen LogP contribution in [0.25, 0.3) is 0 Å². The Morgan fingerprint density at radius 3 is 2.61 bits per heavy atom. The molecule has 1 heterocycles. The second-order valence-corrected chi connectivity index (χ2v) is 4.13.